The van der Waals surface area contributed by atoms with E-state index < -0.39 is 11.9 Å². The Morgan fingerprint density at radius 3 is 3.06 bits per heavy atom. The van der Waals surface area contributed by atoms with E-state index in [0.29, 0.717) is 23.7 Å². The summed E-state index contributed by atoms with van der Waals surface area (Å²) in [5.74, 6) is -0.446. The van der Waals surface area contributed by atoms with E-state index >= 15 is 0 Å². The first-order chi connectivity index (χ1) is 8.65. The summed E-state index contributed by atoms with van der Waals surface area (Å²) in [5.41, 5.74) is 6.71. The highest BCUT2D eigenvalue weighted by Gasteiger charge is 2.29. The summed E-state index contributed by atoms with van der Waals surface area (Å²) in [7, 11) is 0. The Bertz CT molecular complexity index is 453. The summed E-state index contributed by atoms with van der Waals surface area (Å²) in [4.78, 5) is 13.3. The van der Waals surface area contributed by atoms with E-state index in [1.165, 1.54) is 0 Å². The largest absolute Gasteiger partial charge is 0.392 e. The van der Waals surface area contributed by atoms with E-state index in [-0.39, 0.29) is 13.2 Å². The molecule has 1 amide bonds. The number of halogens is 1. The van der Waals surface area contributed by atoms with Crippen molar-refractivity contribution in [1.82, 2.24) is 0 Å². The van der Waals surface area contributed by atoms with E-state index in [1.54, 1.807) is 12.1 Å². The Morgan fingerprint density at radius 1 is 1.61 bits per heavy atom. The van der Waals surface area contributed by atoms with Gasteiger partial charge in [0.05, 0.1) is 19.8 Å². The second-order valence-electron chi connectivity index (χ2n) is 4.08. The minimum Gasteiger partial charge on any atom is -0.392 e. The average Bonchev–Trinajstić information content (AvgIpc) is 2.38. The number of carbonyl (C=O) groups is 1. The zero-order valence-corrected chi connectivity index (χ0v) is 10.6. The van der Waals surface area contributed by atoms with Crippen LogP contribution in [0.5, 0.6) is 0 Å². The van der Waals surface area contributed by atoms with Crippen molar-refractivity contribution in [2.45, 2.75) is 12.6 Å². The van der Waals surface area contributed by atoms with Gasteiger partial charge < -0.3 is 20.5 Å². The summed E-state index contributed by atoms with van der Waals surface area (Å²) in [6.07, 6.45) is 0. The summed E-state index contributed by atoms with van der Waals surface area (Å²) < 4.78 is 5.26. The summed E-state index contributed by atoms with van der Waals surface area (Å²) >= 11 is 6.04. The van der Waals surface area contributed by atoms with Crippen LogP contribution in [-0.4, -0.2) is 36.8 Å². The number of rotatable bonds is 3. The van der Waals surface area contributed by atoms with Crippen molar-refractivity contribution in [2.75, 3.05) is 24.7 Å². The fourth-order valence-electron chi connectivity index (χ4n) is 2.10. The number of benzene rings is 1. The molecular weight excluding hydrogens is 256 g/mol. The van der Waals surface area contributed by atoms with Crippen LogP contribution >= 0.6 is 11.6 Å². The van der Waals surface area contributed by atoms with Crippen LogP contribution in [0.15, 0.2) is 18.2 Å². The predicted molar refractivity (Wildman–Crippen MR) is 68.5 cm³/mol. The van der Waals surface area contributed by atoms with Gasteiger partial charge in [-0.25, -0.2) is 0 Å². The molecule has 1 fully saturated rings. The van der Waals surface area contributed by atoms with E-state index in [1.807, 2.05) is 11.0 Å². The van der Waals surface area contributed by atoms with Gasteiger partial charge in [-0.3, -0.25) is 4.79 Å². The Balaban J connectivity index is 2.39. The molecular formula is C12H15ClN2O3. The van der Waals surface area contributed by atoms with E-state index in [2.05, 4.69) is 0 Å². The van der Waals surface area contributed by atoms with Crippen molar-refractivity contribution in [2.24, 2.45) is 5.73 Å². The number of ether oxygens (including phenoxy) is 1. The molecule has 6 heteroatoms. The number of carbonyl (C=O) groups excluding carboxylic acids is 1. The molecule has 3 N–H and O–H groups in total. The molecule has 0 aliphatic carbocycles. The monoisotopic (exact) mass is 270 g/mol. The van der Waals surface area contributed by atoms with Gasteiger partial charge in [0.25, 0.3) is 0 Å². The molecule has 1 heterocycles. The minimum absolute atomic E-state index is 0.183. The van der Waals surface area contributed by atoms with E-state index in [4.69, 9.17) is 22.1 Å². The third-order valence-electron chi connectivity index (χ3n) is 3.02. The molecule has 0 saturated carbocycles. The average molecular weight is 271 g/mol. The van der Waals surface area contributed by atoms with Gasteiger partial charge >= 0.3 is 0 Å². The first-order valence-electron chi connectivity index (χ1n) is 5.67. The second-order valence-corrected chi connectivity index (χ2v) is 4.49. The lowest BCUT2D eigenvalue weighted by Crippen LogP contribution is -2.53. The standard InChI is InChI=1S/C12H15ClN2O3/c13-9-2-1-3-10(8(9)6-16)15-4-5-18-7-11(15)12(14)17/h1-3,11,16H,4-7H2,(H2,14,17). The van der Waals surface area contributed by atoms with Gasteiger partial charge in [-0.1, -0.05) is 17.7 Å². The number of anilines is 1. The number of morpholine rings is 1. The third-order valence-corrected chi connectivity index (χ3v) is 3.37. The third kappa shape index (κ3) is 2.43. The van der Waals surface area contributed by atoms with Crippen molar-refractivity contribution < 1.29 is 14.6 Å². The molecule has 1 saturated heterocycles. The normalized spacial score (nSPS) is 19.9. The second kappa shape index (κ2) is 5.56. The Morgan fingerprint density at radius 2 is 2.39 bits per heavy atom. The topological polar surface area (TPSA) is 75.8 Å². The maximum Gasteiger partial charge on any atom is 0.242 e. The number of hydrogen-bond donors (Lipinski definition) is 2. The number of hydrogen-bond acceptors (Lipinski definition) is 4. The van der Waals surface area contributed by atoms with E-state index in [9.17, 15) is 9.90 Å². The van der Waals surface area contributed by atoms with Crippen LogP contribution in [0, 0.1) is 0 Å². The van der Waals surface area contributed by atoms with Crippen LogP contribution in [0.2, 0.25) is 5.02 Å². The number of amides is 1. The minimum atomic E-state index is -0.525. The van der Waals surface area contributed by atoms with Gasteiger partial charge in [-0.05, 0) is 12.1 Å². The maximum absolute atomic E-state index is 11.4. The lowest BCUT2D eigenvalue weighted by atomic mass is 10.1. The summed E-state index contributed by atoms with van der Waals surface area (Å²) in [6.45, 7) is 1.13. The molecule has 1 unspecified atom stereocenters. The molecule has 18 heavy (non-hydrogen) atoms. The zero-order valence-electron chi connectivity index (χ0n) is 9.80. The molecule has 1 aromatic rings. The molecule has 1 aliphatic heterocycles. The smallest absolute Gasteiger partial charge is 0.242 e. The van der Waals surface area contributed by atoms with E-state index in [0.717, 1.165) is 5.69 Å². The Labute approximate surface area is 110 Å². The van der Waals surface area contributed by atoms with Gasteiger partial charge in [0.15, 0.2) is 0 Å². The predicted octanol–water partition coefficient (Wildman–Crippen LogP) is 0.523. The first kappa shape index (κ1) is 13.1. The van der Waals surface area contributed by atoms with Crippen molar-refractivity contribution >= 4 is 23.2 Å². The van der Waals surface area contributed by atoms with Crippen molar-refractivity contribution in [1.29, 1.82) is 0 Å². The van der Waals surface area contributed by atoms with Crippen LogP contribution in [-0.2, 0) is 16.1 Å². The summed E-state index contributed by atoms with van der Waals surface area (Å²) in [5, 5.41) is 9.87. The zero-order chi connectivity index (χ0) is 13.1. The number of primary amides is 1. The number of aliphatic hydroxyl groups is 1. The van der Waals surface area contributed by atoms with Gasteiger partial charge in [-0.2, -0.15) is 0 Å². The molecule has 98 valence electrons. The van der Waals surface area contributed by atoms with Crippen molar-refractivity contribution in [3.05, 3.63) is 28.8 Å². The highest BCUT2D eigenvalue weighted by atomic mass is 35.5. The van der Waals surface area contributed by atoms with Gasteiger partial charge in [0.2, 0.25) is 5.91 Å². The quantitative estimate of drug-likeness (QED) is 0.840. The van der Waals surface area contributed by atoms with Gasteiger partial charge in [-0.15, -0.1) is 0 Å². The SMILES string of the molecule is NC(=O)C1COCCN1c1cccc(Cl)c1CO. The molecule has 1 aliphatic rings. The van der Waals surface area contributed by atoms with Crippen LogP contribution in [0.4, 0.5) is 5.69 Å². The lowest BCUT2D eigenvalue weighted by Gasteiger charge is -2.36. The highest BCUT2D eigenvalue weighted by molar-refractivity contribution is 6.31. The van der Waals surface area contributed by atoms with Gasteiger partial charge in [0.1, 0.15) is 6.04 Å². The molecule has 0 spiro atoms. The number of aliphatic hydroxyl groups excluding tert-OH is 1. The number of nitrogens with two attached hydrogens (primary N) is 1. The fourth-order valence-corrected chi connectivity index (χ4v) is 2.33. The Hall–Kier alpha value is -1.30. The molecule has 0 bridgehead atoms. The lowest BCUT2D eigenvalue weighted by molar-refractivity contribution is -0.121. The maximum atomic E-state index is 11.4. The molecule has 5 nitrogen and oxygen atoms in total. The highest BCUT2D eigenvalue weighted by Crippen LogP contribution is 2.29. The fraction of sp³-hybridized carbons (Fsp3) is 0.417. The van der Waals surface area contributed by atoms with Gasteiger partial charge in [0, 0.05) is 22.8 Å². The van der Waals surface area contributed by atoms with Crippen LogP contribution in [0.3, 0.4) is 0 Å². The number of nitrogens with zero attached hydrogens (tertiary/aromatic N) is 1. The molecule has 0 radical (unpaired) electrons. The molecule has 1 atom stereocenters. The summed E-state index contributed by atoms with van der Waals surface area (Å²) in [6, 6.07) is 4.78. The van der Waals surface area contributed by atoms with Crippen molar-refractivity contribution in [3.8, 4) is 0 Å². The first-order valence-corrected chi connectivity index (χ1v) is 6.05. The molecule has 1 aromatic carbocycles. The van der Waals surface area contributed by atoms with Crippen LogP contribution < -0.4 is 10.6 Å². The van der Waals surface area contributed by atoms with Crippen molar-refractivity contribution in [3.63, 3.8) is 0 Å². The molecule has 2 rings (SSSR count). The molecule has 0 aromatic heterocycles. The van der Waals surface area contributed by atoms with Crippen LogP contribution in [0.25, 0.3) is 0 Å². The van der Waals surface area contributed by atoms with Crippen LogP contribution in [0.1, 0.15) is 5.56 Å². The Kier molecular flexibility index (Phi) is 4.06.